The summed E-state index contributed by atoms with van der Waals surface area (Å²) >= 11 is 1.70. The Kier molecular flexibility index (Phi) is 4.11. The van der Waals surface area contributed by atoms with Gasteiger partial charge in [0, 0.05) is 37.1 Å². The molecule has 2 heterocycles. The van der Waals surface area contributed by atoms with Crippen LogP contribution in [-0.4, -0.2) is 28.3 Å². The smallest absolute Gasteiger partial charge is 0.203 e. The van der Waals surface area contributed by atoms with E-state index in [1.54, 1.807) is 24.6 Å². The van der Waals surface area contributed by atoms with E-state index in [0.29, 0.717) is 6.61 Å². The minimum absolute atomic E-state index is 0.685. The second-order valence-electron chi connectivity index (χ2n) is 3.64. The first-order valence-corrected chi connectivity index (χ1v) is 6.26. The molecule has 0 aliphatic heterocycles. The van der Waals surface area contributed by atoms with E-state index in [9.17, 15) is 0 Å². The highest BCUT2D eigenvalue weighted by Gasteiger charge is 2.03. The molecule has 0 saturated heterocycles. The number of aryl methyl sites for hydroxylation is 1. The van der Waals surface area contributed by atoms with E-state index in [0.717, 1.165) is 24.0 Å². The third-order valence-corrected chi connectivity index (χ3v) is 3.25. The quantitative estimate of drug-likeness (QED) is 0.853. The van der Waals surface area contributed by atoms with Crippen molar-refractivity contribution in [1.82, 2.24) is 14.5 Å². The molecule has 0 saturated carbocycles. The Balaban J connectivity index is 1.92. The highest BCUT2D eigenvalue weighted by atomic mass is 32.1. The minimum Gasteiger partial charge on any atom is -0.383 e. The molecule has 17 heavy (non-hydrogen) atoms. The van der Waals surface area contributed by atoms with Crippen LogP contribution in [0.25, 0.3) is 0 Å². The third-order valence-electron chi connectivity index (χ3n) is 2.34. The zero-order chi connectivity index (χ0) is 12.1. The van der Waals surface area contributed by atoms with Crippen molar-refractivity contribution in [2.45, 2.75) is 20.0 Å². The maximum absolute atomic E-state index is 5.05. The molecule has 92 valence electrons. The van der Waals surface area contributed by atoms with Gasteiger partial charge in [-0.3, -0.25) is 0 Å². The molecule has 0 aromatic carbocycles. The van der Waals surface area contributed by atoms with Crippen LogP contribution in [-0.2, 0) is 17.8 Å². The molecular formula is C11H16N4OS. The average Bonchev–Trinajstić information content (AvgIpc) is 2.92. The van der Waals surface area contributed by atoms with Crippen LogP contribution in [0, 0.1) is 6.92 Å². The van der Waals surface area contributed by atoms with Gasteiger partial charge in [-0.25, -0.2) is 9.97 Å². The number of rotatable bonds is 6. The molecule has 5 nitrogen and oxygen atoms in total. The standard InChI is InChI=1S/C11H16N4OS/c1-9-13-7-10(17-9)8-14-11-12-3-4-15(11)5-6-16-2/h3-4,7H,5-6,8H2,1-2H3,(H,12,14). The Morgan fingerprint density at radius 2 is 2.35 bits per heavy atom. The van der Waals surface area contributed by atoms with E-state index in [2.05, 4.69) is 15.3 Å². The largest absolute Gasteiger partial charge is 0.383 e. The van der Waals surface area contributed by atoms with Crippen LogP contribution in [0.5, 0.6) is 0 Å². The molecule has 0 unspecified atom stereocenters. The van der Waals surface area contributed by atoms with Crippen LogP contribution in [0.15, 0.2) is 18.6 Å². The summed E-state index contributed by atoms with van der Waals surface area (Å²) in [7, 11) is 1.70. The molecule has 0 atom stereocenters. The lowest BCUT2D eigenvalue weighted by atomic mass is 10.5. The van der Waals surface area contributed by atoms with Crippen LogP contribution in [0.2, 0.25) is 0 Å². The fraction of sp³-hybridized carbons (Fsp3) is 0.455. The molecule has 0 spiro atoms. The molecular weight excluding hydrogens is 236 g/mol. The normalized spacial score (nSPS) is 10.7. The summed E-state index contributed by atoms with van der Waals surface area (Å²) in [5, 5.41) is 4.39. The first kappa shape index (κ1) is 12.1. The first-order valence-electron chi connectivity index (χ1n) is 5.45. The molecule has 2 rings (SSSR count). The third kappa shape index (κ3) is 3.28. The second kappa shape index (κ2) is 5.79. The number of hydrogen-bond acceptors (Lipinski definition) is 5. The van der Waals surface area contributed by atoms with E-state index < -0.39 is 0 Å². The van der Waals surface area contributed by atoms with Crippen molar-refractivity contribution in [3.8, 4) is 0 Å². The first-order chi connectivity index (χ1) is 8.29. The van der Waals surface area contributed by atoms with Crippen LogP contribution >= 0.6 is 11.3 Å². The predicted octanol–water partition coefficient (Wildman–Crippen LogP) is 1.91. The summed E-state index contributed by atoms with van der Waals surface area (Å²) in [6.45, 7) is 4.26. The fourth-order valence-electron chi connectivity index (χ4n) is 1.50. The second-order valence-corrected chi connectivity index (χ2v) is 4.96. The summed E-state index contributed by atoms with van der Waals surface area (Å²) in [6, 6.07) is 0. The van der Waals surface area contributed by atoms with Gasteiger partial charge < -0.3 is 14.6 Å². The summed E-state index contributed by atoms with van der Waals surface area (Å²) < 4.78 is 7.09. The summed E-state index contributed by atoms with van der Waals surface area (Å²) in [5.74, 6) is 0.869. The molecule has 1 N–H and O–H groups in total. The highest BCUT2D eigenvalue weighted by molar-refractivity contribution is 7.11. The van der Waals surface area contributed by atoms with Gasteiger partial charge in [0.15, 0.2) is 0 Å². The van der Waals surface area contributed by atoms with Gasteiger partial charge in [0.1, 0.15) is 0 Å². The number of anilines is 1. The van der Waals surface area contributed by atoms with Crippen LogP contribution in [0.3, 0.4) is 0 Å². The molecule has 0 aliphatic rings. The lowest BCUT2D eigenvalue weighted by Gasteiger charge is -2.08. The number of methoxy groups -OCH3 is 1. The number of thiazole rings is 1. The Morgan fingerprint density at radius 1 is 1.47 bits per heavy atom. The summed E-state index contributed by atoms with van der Waals surface area (Å²) in [6.07, 6.45) is 5.63. The van der Waals surface area contributed by atoms with E-state index in [4.69, 9.17) is 4.74 Å². The molecule has 0 fully saturated rings. The molecule has 0 amide bonds. The number of nitrogens with one attached hydrogen (secondary N) is 1. The van der Waals surface area contributed by atoms with Gasteiger partial charge in [0.25, 0.3) is 0 Å². The van der Waals surface area contributed by atoms with Crippen molar-refractivity contribution in [1.29, 1.82) is 0 Å². The predicted molar refractivity (Wildman–Crippen MR) is 68.3 cm³/mol. The Labute approximate surface area is 104 Å². The van der Waals surface area contributed by atoms with Gasteiger partial charge in [-0.2, -0.15) is 0 Å². The Hall–Kier alpha value is -1.40. The molecule has 2 aromatic rings. The van der Waals surface area contributed by atoms with Crippen molar-refractivity contribution in [2.75, 3.05) is 19.0 Å². The van der Waals surface area contributed by atoms with E-state index in [1.807, 2.05) is 23.9 Å². The molecule has 2 aromatic heterocycles. The van der Waals surface area contributed by atoms with Crippen LogP contribution < -0.4 is 5.32 Å². The van der Waals surface area contributed by atoms with E-state index in [1.165, 1.54) is 4.88 Å². The number of aromatic nitrogens is 3. The zero-order valence-electron chi connectivity index (χ0n) is 10.0. The average molecular weight is 252 g/mol. The summed E-state index contributed by atoms with van der Waals surface area (Å²) in [4.78, 5) is 9.70. The van der Waals surface area contributed by atoms with Crippen molar-refractivity contribution < 1.29 is 4.74 Å². The Morgan fingerprint density at radius 3 is 3.06 bits per heavy atom. The minimum atomic E-state index is 0.685. The maximum atomic E-state index is 5.05. The molecule has 0 bridgehead atoms. The van der Waals surface area contributed by atoms with Gasteiger partial charge in [0.2, 0.25) is 5.95 Å². The lowest BCUT2D eigenvalue weighted by Crippen LogP contribution is -2.09. The number of hydrogen-bond donors (Lipinski definition) is 1. The van der Waals surface area contributed by atoms with Gasteiger partial charge in [-0.15, -0.1) is 11.3 Å². The molecule has 6 heteroatoms. The van der Waals surface area contributed by atoms with Crippen molar-refractivity contribution >= 4 is 17.3 Å². The topological polar surface area (TPSA) is 52.0 Å². The summed E-state index contributed by atoms with van der Waals surface area (Å²) in [5.41, 5.74) is 0. The monoisotopic (exact) mass is 252 g/mol. The Bertz CT molecular complexity index is 465. The van der Waals surface area contributed by atoms with Crippen LogP contribution in [0.1, 0.15) is 9.88 Å². The molecule has 0 radical (unpaired) electrons. The number of ether oxygens (including phenoxy) is 1. The highest BCUT2D eigenvalue weighted by Crippen LogP contribution is 2.13. The van der Waals surface area contributed by atoms with E-state index in [-0.39, 0.29) is 0 Å². The SMILES string of the molecule is COCCn1ccnc1NCc1cnc(C)s1. The van der Waals surface area contributed by atoms with Crippen molar-refractivity contribution in [2.24, 2.45) is 0 Å². The van der Waals surface area contributed by atoms with Gasteiger partial charge >= 0.3 is 0 Å². The zero-order valence-corrected chi connectivity index (χ0v) is 10.8. The van der Waals surface area contributed by atoms with Gasteiger partial charge in [0.05, 0.1) is 18.2 Å². The van der Waals surface area contributed by atoms with Crippen molar-refractivity contribution in [3.05, 3.63) is 28.5 Å². The van der Waals surface area contributed by atoms with Crippen molar-refractivity contribution in [3.63, 3.8) is 0 Å². The van der Waals surface area contributed by atoms with Gasteiger partial charge in [-0.1, -0.05) is 0 Å². The molecule has 0 aliphatic carbocycles. The van der Waals surface area contributed by atoms with E-state index >= 15 is 0 Å². The number of imidazole rings is 1. The maximum Gasteiger partial charge on any atom is 0.203 e. The lowest BCUT2D eigenvalue weighted by molar-refractivity contribution is 0.187. The van der Waals surface area contributed by atoms with Gasteiger partial charge in [-0.05, 0) is 6.92 Å². The fourth-order valence-corrected chi connectivity index (χ4v) is 2.23. The number of nitrogens with zero attached hydrogens (tertiary/aromatic N) is 3. The van der Waals surface area contributed by atoms with Crippen LogP contribution in [0.4, 0.5) is 5.95 Å².